The normalized spacial score (nSPS) is 13.4. The molecule has 1 atom stereocenters. The Morgan fingerprint density at radius 1 is 1.42 bits per heavy atom. The van der Waals surface area contributed by atoms with Gasteiger partial charge in [0.2, 0.25) is 0 Å². The maximum atomic E-state index is 11.5. The van der Waals surface area contributed by atoms with Gasteiger partial charge < -0.3 is 10.3 Å². The second-order valence-electron chi connectivity index (χ2n) is 4.27. The van der Waals surface area contributed by atoms with Gasteiger partial charge >= 0.3 is 0 Å². The fourth-order valence-electron chi connectivity index (χ4n) is 1.55. The molecule has 1 heterocycles. The van der Waals surface area contributed by atoms with E-state index < -0.39 is 9.84 Å². The molecule has 2 rings (SSSR count). The van der Waals surface area contributed by atoms with Crippen LogP contribution in [-0.4, -0.2) is 24.8 Å². The molecule has 6 nitrogen and oxygen atoms in total. The van der Waals surface area contributed by atoms with E-state index in [2.05, 4.69) is 10.1 Å². The van der Waals surface area contributed by atoms with Crippen molar-refractivity contribution in [2.45, 2.75) is 24.3 Å². The van der Waals surface area contributed by atoms with Crippen LogP contribution in [0.2, 0.25) is 0 Å². The van der Waals surface area contributed by atoms with Crippen LogP contribution < -0.4 is 5.73 Å². The van der Waals surface area contributed by atoms with E-state index in [1.807, 2.05) is 6.92 Å². The van der Waals surface area contributed by atoms with Gasteiger partial charge in [0.15, 0.2) is 15.7 Å². The number of rotatable bonds is 4. The average Bonchev–Trinajstić information content (AvgIpc) is 2.86. The number of nitrogens with zero attached hydrogens (tertiary/aromatic N) is 2. The Balaban J connectivity index is 2.40. The first-order valence-electron chi connectivity index (χ1n) is 5.81. The zero-order valence-electron chi connectivity index (χ0n) is 10.7. The van der Waals surface area contributed by atoms with Gasteiger partial charge in [-0.05, 0) is 24.6 Å². The van der Waals surface area contributed by atoms with E-state index in [-0.39, 0.29) is 16.8 Å². The molecule has 0 amide bonds. The first kappa shape index (κ1) is 13.7. The van der Waals surface area contributed by atoms with Gasteiger partial charge in [-0.2, -0.15) is 4.98 Å². The lowest BCUT2D eigenvalue weighted by atomic mass is 10.2. The summed E-state index contributed by atoms with van der Waals surface area (Å²) in [5.41, 5.74) is 6.36. The lowest BCUT2D eigenvalue weighted by Gasteiger charge is -2.00. The lowest BCUT2D eigenvalue weighted by molar-refractivity contribution is 0.415. The summed E-state index contributed by atoms with van der Waals surface area (Å²) in [5, 5.41) is 3.79. The van der Waals surface area contributed by atoms with Crippen LogP contribution in [0.4, 0.5) is 0 Å². The van der Waals surface area contributed by atoms with E-state index in [1.54, 1.807) is 12.1 Å². The molecule has 1 unspecified atom stereocenters. The molecule has 1 aromatic heterocycles. The van der Waals surface area contributed by atoms with Crippen molar-refractivity contribution in [1.82, 2.24) is 10.1 Å². The third-order valence-electron chi connectivity index (χ3n) is 2.72. The molecule has 0 aliphatic carbocycles. The van der Waals surface area contributed by atoms with E-state index in [1.165, 1.54) is 12.1 Å². The van der Waals surface area contributed by atoms with E-state index in [4.69, 9.17) is 10.3 Å². The van der Waals surface area contributed by atoms with Crippen LogP contribution in [-0.2, 0) is 9.84 Å². The summed E-state index contributed by atoms with van der Waals surface area (Å²) in [5.74, 6) is 0.687. The summed E-state index contributed by atoms with van der Waals surface area (Å²) in [6.07, 6.45) is 1.85. The van der Waals surface area contributed by atoms with Gasteiger partial charge in [0.05, 0.1) is 10.9 Å². The van der Waals surface area contributed by atoms with Crippen LogP contribution in [0.3, 0.4) is 0 Å². The molecule has 102 valence electrons. The highest BCUT2D eigenvalue weighted by Gasteiger charge is 2.15. The molecule has 0 aliphatic heterocycles. The number of sulfone groups is 1. The van der Waals surface area contributed by atoms with Crippen LogP contribution in [0.1, 0.15) is 25.2 Å². The van der Waals surface area contributed by atoms with Crippen LogP contribution >= 0.6 is 0 Å². The summed E-state index contributed by atoms with van der Waals surface area (Å²) >= 11 is 0. The van der Waals surface area contributed by atoms with Crippen LogP contribution in [0.25, 0.3) is 11.5 Å². The number of benzene rings is 1. The molecule has 2 N–H and O–H groups in total. The minimum Gasteiger partial charge on any atom is -0.334 e. The van der Waals surface area contributed by atoms with Gasteiger partial charge in [-0.25, -0.2) is 8.42 Å². The maximum absolute atomic E-state index is 11.5. The van der Waals surface area contributed by atoms with E-state index >= 15 is 0 Å². The predicted molar refractivity (Wildman–Crippen MR) is 70.1 cm³/mol. The van der Waals surface area contributed by atoms with Gasteiger partial charge in [0.25, 0.3) is 5.89 Å². The monoisotopic (exact) mass is 281 g/mol. The van der Waals surface area contributed by atoms with Crippen LogP contribution in [0, 0.1) is 0 Å². The molecule has 0 saturated heterocycles. The molecule has 0 fully saturated rings. The first-order valence-corrected chi connectivity index (χ1v) is 7.70. The van der Waals surface area contributed by atoms with Crippen molar-refractivity contribution in [1.29, 1.82) is 0 Å². The van der Waals surface area contributed by atoms with Crippen molar-refractivity contribution < 1.29 is 12.9 Å². The van der Waals surface area contributed by atoms with Crippen molar-refractivity contribution in [2.75, 3.05) is 6.26 Å². The molecule has 0 aliphatic rings. The largest absolute Gasteiger partial charge is 0.334 e. The molecular weight excluding hydrogens is 266 g/mol. The molecular formula is C12H15N3O3S. The summed E-state index contributed by atoms with van der Waals surface area (Å²) in [6, 6.07) is 6.09. The Morgan fingerprint density at radius 3 is 2.79 bits per heavy atom. The van der Waals surface area contributed by atoms with Gasteiger partial charge in [0, 0.05) is 11.8 Å². The van der Waals surface area contributed by atoms with Crippen molar-refractivity contribution in [3.63, 3.8) is 0 Å². The van der Waals surface area contributed by atoms with Crippen molar-refractivity contribution in [3.05, 3.63) is 30.1 Å². The minimum absolute atomic E-state index is 0.213. The zero-order valence-corrected chi connectivity index (χ0v) is 11.5. The Hall–Kier alpha value is -1.73. The quantitative estimate of drug-likeness (QED) is 0.912. The smallest absolute Gasteiger partial charge is 0.258 e. The fourth-order valence-corrected chi connectivity index (χ4v) is 2.21. The fraction of sp³-hybridized carbons (Fsp3) is 0.333. The zero-order chi connectivity index (χ0) is 14.0. The Kier molecular flexibility index (Phi) is 3.68. The maximum Gasteiger partial charge on any atom is 0.258 e. The number of aromatic nitrogens is 2. The molecule has 0 bridgehead atoms. The predicted octanol–water partition coefficient (Wildman–Crippen LogP) is 1.55. The molecule has 0 spiro atoms. The summed E-state index contributed by atoms with van der Waals surface area (Å²) < 4.78 is 28.1. The molecule has 0 radical (unpaired) electrons. The highest BCUT2D eigenvalue weighted by Crippen LogP contribution is 2.22. The van der Waals surface area contributed by atoms with E-state index in [0.29, 0.717) is 17.8 Å². The Morgan fingerprint density at radius 2 is 2.16 bits per heavy atom. The minimum atomic E-state index is -3.26. The molecule has 19 heavy (non-hydrogen) atoms. The summed E-state index contributed by atoms with van der Waals surface area (Å²) in [6.45, 7) is 1.92. The van der Waals surface area contributed by atoms with Gasteiger partial charge in [-0.3, -0.25) is 0 Å². The average molecular weight is 281 g/mol. The van der Waals surface area contributed by atoms with Crippen molar-refractivity contribution in [3.8, 4) is 11.5 Å². The standard InChI is InChI=1S/C12H15N3O3S/c1-3-10(13)11-14-12(18-15-11)8-5-4-6-9(7-8)19(2,16)17/h4-7,10H,3,13H2,1-2H3. The molecule has 1 aromatic carbocycles. The van der Waals surface area contributed by atoms with Crippen LogP contribution in [0.5, 0.6) is 0 Å². The van der Waals surface area contributed by atoms with E-state index in [0.717, 1.165) is 6.26 Å². The lowest BCUT2D eigenvalue weighted by Crippen LogP contribution is -2.10. The second-order valence-corrected chi connectivity index (χ2v) is 6.29. The topological polar surface area (TPSA) is 99.1 Å². The first-order chi connectivity index (χ1) is 8.91. The highest BCUT2D eigenvalue weighted by atomic mass is 32.2. The number of hydrogen-bond donors (Lipinski definition) is 1. The number of hydrogen-bond acceptors (Lipinski definition) is 6. The van der Waals surface area contributed by atoms with Gasteiger partial charge in [0.1, 0.15) is 0 Å². The number of nitrogens with two attached hydrogens (primary N) is 1. The van der Waals surface area contributed by atoms with E-state index in [9.17, 15) is 8.42 Å². The molecule has 7 heteroatoms. The summed E-state index contributed by atoms with van der Waals surface area (Å²) in [4.78, 5) is 4.39. The van der Waals surface area contributed by atoms with Crippen molar-refractivity contribution >= 4 is 9.84 Å². The van der Waals surface area contributed by atoms with Crippen molar-refractivity contribution in [2.24, 2.45) is 5.73 Å². The third kappa shape index (κ3) is 2.99. The Labute approximate surface area is 111 Å². The highest BCUT2D eigenvalue weighted by molar-refractivity contribution is 7.90. The summed E-state index contributed by atoms with van der Waals surface area (Å²) in [7, 11) is -3.26. The second kappa shape index (κ2) is 5.10. The molecule has 2 aromatic rings. The van der Waals surface area contributed by atoms with Crippen LogP contribution in [0.15, 0.2) is 33.7 Å². The third-order valence-corrected chi connectivity index (χ3v) is 3.83. The van der Waals surface area contributed by atoms with Gasteiger partial charge in [-0.1, -0.05) is 18.1 Å². The van der Waals surface area contributed by atoms with Gasteiger partial charge in [-0.15, -0.1) is 0 Å². The SMILES string of the molecule is CCC(N)c1noc(-c2cccc(S(C)(=O)=O)c2)n1. The molecule has 0 saturated carbocycles. The Bertz CT molecular complexity index is 679.